The van der Waals surface area contributed by atoms with Gasteiger partial charge in [0.1, 0.15) is 0 Å². The van der Waals surface area contributed by atoms with Crippen molar-refractivity contribution in [3.8, 4) is 0 Å². The number of nitrogens with zero attached hydrogens (tertiary/aromatic N) is 2. The van der Waals surface area contributed by atoms with Crippen molar-refractivity contribution in [3.63, 3.8) is 0 Å². The van der Waals surface area contributed by atoms with Crippen LogP contribution in [0.15, 0.2) is 34.0 Å². The molecule has 0 radical (unpaired) electrons. The van der Waals surface area contributed by atoms with Gasteiger partial charge in [-0.3, -0.25) is 4.99 Å². The van der Waals surface area contributed by atoms with Gasteiger partial charge in [0.05, 0.1) is 0 Å². The van der Waals surface area contributed by atoms with Crippen molar-refractivity contribution >= 4 is 12.6 Å². The average molecular weight is 208 g/mol. The van der Waals surface area contributed by atoms with Crippen LogP contribution in [-0.4, -0.2) is 19.1 Å². The first-order valence-corrected chi connectivity index (χ1v) is 5.06. The van der Waals surface area contributed by atoms with E-state index in [9.17, 15) is 0 Å². The highest BCUT2D eigenvalue weighted by Crippen LogP contribution is 1.97. The van der Waals surface area contributed by atoms with Gasteiger partial charge in [-0.25, -0.2) is 4.99 Å². The van der Waals surface area contributed by atoms with E-state index in [2.05, 4.69) is 34.5 Å². The SMILES string of the molecule is C=NC(=NCCC)C(C)=CNN/C=C\C. The van der Waals surface area contributed by atoms with Gasteiger partial charge < -0.3 is 10.9 Å². The Bertz CT molecular complexity index is 264. The van der Waals surface area contributed by atoms with Crippen LogP contribution in [0.3, 0.4) is 0 Å². The van der Waals surface area contributed by atoms with Gasteiger partial charge >= 0.3 is 0 Å². The van der Waals surface area contributed by atoms with Crippen molar-refractivity contribution in [2.24, 2.45) is 9.98 Å². The summed E-state index contributed by atoms with van der Waals surface area (Å²) in [5, 5.41) is 0. The monoisotopic (exact) mass is 208 g/mol. The van der Waals surface area contributed by atoms with Gasteiger partial charge in [-0.1, -0.05) is 13.0 Å². The third-order valence-electron chi connectivity index (χ3n) is 1.61. The lowest BCUT2D eigenvalue weighted by Crippen LogP contribution is -2.21. The van der Waals surface area contributed by atoms with Gasteiger partial charge in [-0.05, 0) is 27.0 Å². The van der Waals surface area contributed by atoms with Crippen molar-refractivity contribution in [2.45, 2.75) is 27.2 Å². The molecule has 0 aliphatic heterocycles. The molecule has 84 valence electrons. The third kappa shape index (κ3) is 6.49. The van der Waals surface area contributed by atoms with E-state index in [0.29, 0.717) is 5.84 Å². The van der Waals surface area contributed by atoms with Crippen LogP contribution in [0.2, 0.25) is 0 Å². The number of rotatable bonds is 6. The summed E-state index contributed by atoms with van der Waals surface area (Å²) in [7, 11) is 0. The maximum absolute atomic E-state index is 4.29. The minimum absolute atomic E-state index is 0.687. The molecule has 0 aromatic rings. The van der Waals surface area contributed by atoms with Crippen LogP contribution in [0, 0.1) is 0 Å². The zero-order valence-corrected chi connectivity index (χ0v) is 9.75. The molecule has 0 rings (SSSR count). The zero-order valence-electron chi connectivity index (χ0n) is 9.75. The van der Waals surface area contributed by atoms with E-state index in [1.165, 1.54) is 0 Å². The quantitative estimate of drug-likeness (QED) is 0.304. The fourth-order valence-corrected chi connectivity index (χ4v) is 0.863. The predicted octanol–water partition coefficient (Wildman–Crippen LogP) is 2.03. The largest absolute Gasteiger partial charge is 0.309 e. The topological polar surface area (TPSA) is 48.8 Å². The normalized spacial score (nSPS) is 13.0. The van der Waals surface area contributed by atoms with E-state index in [0.717, 1.165) is 18.5 Å². The molecule has 0 aliphatic carbocycles. The minimum atomic E-state index is 0.687. The Morgan fingerprint density at radius 2 is 2.13 bits per heavy atom. The van der Waals surface area contributed by atoms with Gasteiger partial charge in [-0.2, -0.15) is 0 Å². The Balaban J connectivity index is 4.24. The summed E-state index contributed by atoms with van der Waals surface area (Å²) in [5.74, 6) is 0.687. The van der Waals surface area contributed by atoms with E-state index in [1.54, 1.807) is 6.20 Å². The highest BCUT2D eigenvalue weighted by atomic mass is 15.3. The molecule has 0 unspecified atom stereocenters. The maximum atomic E-state index is 4.29. The molecule has 0 saturated carbocycles. The van der Waals surface area contributed by atoms with Crippen molar-refractivity contribution in [3.05, 3.63) is 24.0 Å². The average Bonchev–Trinajstić information content (AvgIpc) is 2.25. The molecular formula is C11H20N4. The van der Waals surface area contributed by atoms with E-state index >= 15 is 0 Å². The van der Waals surface area contributed by atoms with Gasteiger partial charge in [0.15, 0.2) is 5.84 Å². The molecule has 0 atom stereocenters. The highest BCUT2D eigenvalue weighted by Gasteiger charge is 1.96. The molecular weight excluding hydrogens is 188 g/mol. The molecule has 0 bridgehead atoms. The maximum Gasteiger partial charge on any atom is 0.151 e. The second-order valence-electron chi connectivity index (χ2n) is 2.98. The van der Waals surface area contributed by atoms with E-state index in [-0.39, 0.29) is 0 Å². The molecule has 4 nitrogen and oxygen atoms in total. The lowest BCUT2D eigenvalue weighted by Gasteiger charge is -2.03. The third-order valence-corrected chi connectivity index (χ3v) is 1.61. The summed E-state index contributed by atoms with van der Waals surface area (Å²) in [4.78, 5) is 8.16. The Kier molecular flexibility index (Phi) is 8.05. The Morgan fingerprint density at radius 1 is 1.40 bits per heavy atom. The number of hydrazine groups is 1. The number of amidine groups is 1. The first-order valence-electron chi connectivity index (χ1n) is 5.06. The van der Waals surface area contributed by atoms with Crippen molar-refractivity contribution in [1.29, 1.82) is 0 Å². The van der Waals surface area contributed by atoms with Crippen LogP contribution in [-0.2, 0) is 0 Å². The Labute approximate surface area is 91.9 Å². The predicted molar refractivity (Wildman–Crippen MR) is 67.0 cm³/mol. The molecule has 0 fully saturated rings. The van der Waals surface area contributed by atoms with Crippen LogP contribution < -0.4 is 10.9 Å². The number of hydrogen-bond donors (Lipinski definition) is 2. The van der Waals surface area contributed by atoms with E-state index < -0.39 is 0 Å². The van der Waals surface area contributed by atoms with Crippen LogP contribution in [0.1, 0.15) is 27.2 Å². The van der Waals surface area contributed by atoms with Gasteiger partial charge in [0.2, 0.25) is 0 Å². The minimum Gasteiger partial charge on any atom is -0.309 e. The molecule has 0 aromatic heterocycles. The highest BCUT2D eigenvalue weighted by molar-refractivity contribution is 6.00. The number of hydrogen-bond acceptors (Lipinski definition) is 3. The standard InChI is InChI=1S/C11H20N4/c1-5-7-13-11(12-4)10(3)9-15-14-8-6-2/h6,8-9,14-15H,4-5,7H2,1-3H3/b8-6-,10-9?,13-11?. The van der Waals surface area contributed by atoms with Gasteiger partial charge in [0.25, 0.3) is 0 Å². The lowest BCUT2D eigenvalue weighted by molar-refractivity contribution is 0.772. The molecule has 0 aromatic carbocycles. The molecule has 0 saturated heterocycles. The summed E-state index contributed by atoms with van der Waals surface area (Å²) in [6, 6.07) is 0. The molecule has 0 amide bonds. The molecule has 2 N–H and O–H groups in total. The van der Waals surface area contributed by atoms with Crippen molar-refractivity contribution < 1.29 is 0 Å². The van der Waals surface area contributed by atoms with Crippen molar-refractivity contribution in [1.82, 2.24) is 10.9 Å². The fourth-order valence-electron chi connectivity index (χ4n) is 0.863. The van der Waals surface area contributed by atoms with Crippen LogP contribution in [0.5, 0.6) is 0 Å². The molecule has 0 heterocycles. The first-order chi connectivity index (χ1) is 7.26. The summed E-state index contributed by atoms with van der Waals surface area (Å²) in [5.41, 5.74) is 6.74. The second kappa shape index (κ2) is 8.99. The van der Waals surface area contributed by atoms with E-state index in [1.807, 2.05) is 26.1 Å². The number of nitrogens with one attached hydrogen (secondary N) is 2. The summed E-state index contributed by atoms with van der Waals surface area (Å²) < 4.78 is 0. The number of allylic oxidation sites excluding steroid dienone is 1. The Hall–Kier alpha value is -1.58. The van der Waals surface area contributed by atoms with Gasteiger partial charge in [0, 0.05) is 24.5 Å². The fraction of sp³-hybridized carbons (Fsp3) is 0.455. The van der Waals surface area contributed by atoms with Crippen LogP contribution in [0.4, 0.5) is 0 Å². The smallest absolute Gasteiger partial charge is 0.151 e. The zero-order chi connectivity index (χ0) is 11.5. The van der Waals surface area contributed by atoms with Gasteiger partial charge in [-0.15, -0.1) is 0 Å². The van der Waals surface area contributed by atoms with Crippen molar-refractivity contribution in [2.75, 3.05) is 6.54 Å². The first kappa shape index (κ1) is 13.4. The second-order valence-corrected chi connectivity index (χ2v) is 2.98. The number of aliphatic imine (C=N–C) groups is 2. The Morgan fingerprint density at radius 3 is 2.67 bits per heavy atom. The molecule has 15 heavy (non-hydrogen) atoms. The van der Waals surface area contributed by atoms with E-state index in [4.69, 9.17) is 0 Å². The molecule has 0 aliphatic rings. The van der Waals surface area contributed by atoms with Crippen LogP contribution in [0.25, 0.3) is 0 Å². The summed E-state index contributed by atoms with van der Waals surface area (Å²) >= 11 is 0. The summed E-state index contributed by atoms with van der Waals surface area (Å²) in [6.07, 6.45) is 6.52. The molecule has 0 spiro atoms. The lowest BCUT2D eigenvalue weighted by atomic mass is 10.3. The van der Waals surface area contributed by atoms with Crippen LogP contribution >= 0.6 is 0 Å². The molecule has 4 heteroatoms. The summed E-state index contributed by atoms with van der Waals surface area (Å²) in [6.45, 7) is 10.2.